The molecule has 0 N–H and O–H groups in total. The third kappa shape index (κ3) is 5.34. The predicted molar refractivity (Wildman–Crippen MR) is 118 cm³/mol. The number of hydrogen-bond acceptors (Lipinski definition) is 3. The van der Waals surface area contributed by atoms with Crippen molar-refractivity contribution in [3.8, 4) is 0 Å². The normalized spacial score (nSPS) is 10.0. The van der Waals surface area contributed by atoms with Gasteiger partial charge in [0.05, 0.1) is 0 Å². The zero-order valence-electron chi connectivity index (χ0n) is 14.2. The zero-order chi connectivity index (χ0) is 18.4. The molecule has 0 unspecified atom stereocenters. The number of anilines is 2. The quantitative estimate of drug-likeness (QED) is 0.289. The Morgan fingerprint density at radius 1 is 0.840 bits per heavy atom. The Morgan fingerprint density at radius 3 is 1.96 bits per heavy atom. The fourth-order valence-corrected chi connectivity index (χ4v) is 2.89. The number of rotatable bonds is 2. The summed E-state index contributed by atoms with van der Waals surface area (Å²) in [5.74, 6) is 0.639. The second kappa shape index (κ2) is 9.42. The van der Waals surface area contributed by atoms with Gasteiger partial charge in [-0.25, -0.2) is 9.97 Å². The fraction of sp³-hybridized carbons (Fsp3) is 0.158. The van der Waals surface area contributed by atoms with Crippen molar-refractivity contribution in [1.82, 2.24) is 9.97 Å². The molecular weight excluding hydrogens is 543 g/mol. The van der Waals surface area contributed by atoms with E-state index < -0.39 is 0 Å². The number of halogens is 3. The minimum atomic E-state index is -0.373. The number of nitrogens with zero attached hydrogens (tertiary/aromatic N) is 3. The maximum Gasteiger partial charge on any atom is 0.216 e. The predicted octanol–water partition coefficient (Wildman–Crippen LogP) is 5.90. The Bertz CT molecular complexity index is 821. The molecule has 0 aliphatic heterocycles. The minimum Gasteiger partial charge on any atom is -0.329 e. The van der Waals surface area contributed by atoms with Crippen molar-refractivity contribution >= 4 is 56.7 Å². The van der Waals surface area contributed by atoms with E-state index in [0.29, 0.717) is 5.56 Å². The third-order valence-electron chi connectivity index (χ3n) is 3.65. The average molecular weight is 561 g/mol. The van der Waals surface area contributed by atoms with E-state index in [-0.39, 0.29) is 5.95 Å². The monoisotopic (exact) mass is 561 g/mol. The van der Waals surface area contributed by atoms with Crippen molar-refractivity contribution in [2.45, 2.75) is 13.8 Å². The van der Waals surface area contributed by atoms with Crippen LogP contribution in [0.1, 0.15) is 11.1 Å². The van der Waals surface area contributed by atoms with Crippen molar-refractivity contribution in [2.75, 3.05) is 11.9 Å². The van der Waals surface area contributed by atoms with Crippen molar-refractivity contribution in [1.29, 1.82) is 0 Å². The first-order chi connectivity index (χ1) is 11.9. The molecule has 130 valence electrons. The summed E-state index contributed by atoms with van der Waals surface area (Å²) in [6.45, 7) is 3.81. The first-order valence-electron chi connectivity index (χ1n) is 7.58. The number of aromatic nitrogens is 2. The highest BCUT2D eigenvalue weighted by atomic mass is 127. The lowest BCUT2D eigenvalue weighted by atomic mass is 10.2. The van der Waals surface area contributed by atoms with Gasteiger partial charge in [0.2, 0.25) is 5.95 Å². The van der Waals surface area contributed by atoms with Gasteiger partial charge >= 0.3 is 0 Å². The van der Waals surface area contributed by atoms with Crippen LogP contribution in [0.3, 0.4) is 0 Å². The summed E-state index contributed by atoms with van der Waals surface area (Å²) in [6, 6.07) is 14.1. The Kier molecular flexibility index (Phi) is 7.55. The van der Waals surface area contributed by atoms with Gasteiger partial charge in [-0.05, 0) is 83.3 Å². The van der Waals surface area contributed by atoms with Gasteiger partial charge in [0.25, 0.3) is 0 Å². The summed E-state index contributed by atoms with van der Waals surface area (Å²) >= 11 is 4.41. The van der Waals surface area contributed by atoms with Crippen molar-refractivity contribution in [3.63, 3.8) is 0 Å². The molecule has 0 saturated carbocycles. The van der Waals surface area contributed by atoms with Crippen molar-refractivity contribution in [2.24, 2.45) is 0 Å². The maximum absolute atomic E-state index is 12.5. The average Bonchev–Trinajstić information content (AvgIpc) is 2.63. The van der Waals surface area contributed by atoms with E-state index in [9.17, 15) is 4.39 Å². The molecule has 2 aromatic heterocycles. The van der Waals surface area contributed by atoms with Gasteiger partial charge in [-0.1, -0.05) is 18.2 Å². The van der Waals surface area contributed by atoms with Gasteiger partial charge in [0, 0.05) is 43.4 Å². The van der Waals surface area contributed by atoms with Crippen LogP contribution < -0.4 is 4.90 Å². The van der Waals surface area contributed by atoms with E-state index in [0.717, 1.165) is 15.1 Å². The van der Waals surface area contributed by atoms with Gasteiger partial charge < -0.3 is 4.90 Å². The smallest absolute Gasteiger partial charge is 0.216 e. The summed E-state index contributed by atoms with van der Waals surface area (Å²) < 4.78 is 14.6. The van der Waals surface area contributed by atoms with Crippen LogP contribution in [0.5, 0.6) is 0 Å². The summed E-state index contributed by atoms with van der Waals surface area (Å²) in [4.78, 5) is 10.0. The van der Waals surface area contributed by atoms with Crippen LogP contribution in [-0.4, -0.2) is 17.0 Å². The molecule has 0 aliphatic carbocycles. The number of benzene rings is 1. The molecule has 3 aromatic rings. The Morgan fingerprint density at radius 2 is 1.40 bits per heavy atom. The summed E-state index contributed by atoms with van der Waals surface area (Å²) in [7, 11) is 2.04. The van der Waals surface area contributed by atoms with Gasteiger partial charge in [0.1, 0.15) is 5.82 Å². The molecule has 0 bridgehead atoms. The topological polar surface area (TPSA) is 29.0 Å². The van der Waals surface area contributed by atoms with Crippen LogP contribution in [0.2, 0.25) is 0 Å². The molecule has 0 aliphatic rings. The highest BCUT2D eigenvalue weighted by Crippen LogP contribution is 2.26. The van der Waals surface area contributed by atoms with Gasteiger partial charge in [-0.15, -0.1) is 0 Å². The lowest BCUT2D eigenvalue weighted by molar-refractivity contribution is 0.573. The molecule has 2 heterocycles. The second-order valence-electron chi connectivity index (χ2n) is 5.34. The lowest BCUT2D eigenvalue weighted by Crippen LogP contribution is -2.12. The molecule has 0 atom stereocenters. The van der Waals surface area contributed by atoms with E-state index in [1.165, 1.54) is 15.3 Å². The van der Waals surface area contributed by atoms with Crippen LogP contribution in [-0.2, 0) is 0 Å². The van der Waals surface area contributed by atoms with E-state index in [1.807, 2.05) is 37.5 Å². The SMILES string of the molecule is Cc1c(I)ccnc1F.Cc1c(I)ccnc1N(C)c1ccccc1. The molecule has 1 aromatic carbocycles. The van der Waals surface area contributed by atoms with Crippen molar-refractivity contribution in [3.05, 3.63) is 79.1 Å². The highest BCUT2D eigenvalue weighted by molar-refractivity contribution is 14.1. The van der Waals surface area contributed by atoms with Gasteiger partial charge in [0.15, 0.2) is 0 Å². The van der Waals surface area contributed by atoms with Gasteiger partial charge in [-0.2, -0.15) is 4.39 Å². The molecule has 3 rings (SSSR count). The van der Waals surface area contributed by atoms with Crippen LogP contribution in [0.4, 0.5) is 15.9 Å². The minimum absolute atomic E-state index is 0.373. The number of hydrogen-bond donors (Lipinski definition) is 0. The van der Waals surface area contributed by atoms with Crippen LogP contribution in [0.25, 0.3) is 0 Å². The number of pyridine rings is 2. The lowest BCUT2D eigenvalue weighted by Gasteiger charge is -2.20. The molecule has 25 heavy (non-hydrogen) atoms. The maximum atomic E-state index is 12.5. The third-order valence-corrected chi connectivity index (χ3v) is 5.99. The second-order valence-corrected chi connectivity index (χ2v) is 7.67. The molecule has 6 heteroatoms. The summed E-state index contributed by atoms with van der Waals surface area (Å²) in [6.07, 6.45) is 3.31. The Hall–Kier alpha value is -1.29. The zero-order valence-corrected chi connectivity index (χ0v) is 18.5. The Labute approximate surface area is 175 Å². The van der Waals surface area contributed by atoms with E-state index in [2.05, 4.69) is 79.1 Å². The molecule has 0 saturated heterocycles. The van der Waals surface area contributed by atoms with E-state index >= 15 is 0 Å². The largest absolute Gasteiger partial charge is 0.329 e. The van der Waals surface area contributed by atoms with Crippen LogP contribution in [0.15, 0.2) is 54.9 Å². The molecule has 3 nitrogen and oxygen atoms in total. The molecular formula is C19H18FI2N3. The van der Waals surface area contributed by atoms with Crippen LogP contribution >= 0.6 is 45.2 Å². The van der Waals surface area contributed by atoms with Crippen molar-refractivity contribution < 1.29 is 4.39 Å². The standard InChI is InChI=1S/C13H13IN2.C6H5FIN/c1-10-12(14)8-9-15-13(10)16(2)11-6-4-3-5-7-11;1-4-5(8)2-3-9-6(4)7/h3-9H,1-2H3;2-3H,1H3. The van der Waals surface area contributed by atoms with E-state index in [4.69, 9.17) is 0 Å². The summed E-state index contributed by atoms with van der Waals surface area (Å²) in [5.41, 5.74) is 2.99. The molecule has 0 amide bonds. The first kappa shape index (κ1) is 20.0. The molecule has 0 fully saturated rings. The number of para-hydroxylation sites is 1. The van der Waals surface area contributed by atoms with Gasteiger partial charge in [-0.3, -0.25) is 0 Å². The van der Waals surface area contributed by atoms with Crippen LogP contribution in [0, 0.1) is 26.9 Å². The first-order valence-corrected chi connectivity index (χ1v) is 9.74. The fourth-order valence-electron chi connectivity index (χ4n) is 2.10. The highest BCUT2D eigenvalue weighted by Gasteiger charge is 2.09. The molecule has 0 spiro atoms. The van der Waals surface area contributed by atoms with E-state index in [1.54, 1.807) is 13.0 Å². The molecule has 0 radical (unpaired) electrons. The Balaban J connectivity index is 0.000000212. The summed E-state index contributed by atoms with van der Waals surface area (Å²) in [5, 5.41) is 0.